The first-order chi connectivity index (χ1) is 7.11. The number of benzene rings is 1. The van der Waals surface area contributed by atoms with Crippen molar-refractivity contribution in [2.75, 3.05) is 12.8 Å². The van der Waals surface area contributed by atoms with Gasteiger partial charge in [-0.3, -0.25) is 0 Å². The molecule has 0 radical (unpaired) electrons. The lowest BCUT2D eigenvalue weighted by Gasteiger charge is -1.99. The van der Waals surface area contributed by atoms with Crippen LogP contribution in [-0.2, 0) is 4.74 Å². The summed E-state index contributed by atoms with van der Waals surface area (Å²) >= 11 is 3.26. The summed E-state index contributed by atoms with van der Waals surface area (Å²) in [5.74, 6) is -0.431. The number of oxazole rings is 1. The Morgan fingerprint density at radius 1 is 1.60 bits per heavy atom. The van der Waals surface area contributed by atoms with E-state index < -0.39 is 5.97 Å². The Balaban J connectivity index is 2.66. The van der Waals surface area contributed by atoms with Crippen LogP contribution >= 0.6 is 15.9 Å². The highest BCUT2D eigenvalue weighted by Gasteiger charge is 2.13. The number of hydrogen-bond donors (Lipinski definition) is 1. The zero-order valence-corrected chi connectivity index (χ0v) is 9.37. The molecule has 2 rings (SSSR count). The van der Waals surface area contributed by atoms with Gasteiger partial charge in [-0.05, 0) is 28.1 Å². The van der Waals surface area contributed by atoms with E-state index in [0.717, 1.165) is 0 Å². The van der Waals surface area contributed by atoms with E-state index >= 15 is 0 Å². The van der Waals surface area contributed by atoms with Crippen molar-refractivity contribution in [2.24, 2.45) is 0 Å². The average Bonchev–Trinajstić information content (AvgIpc) is 2.58. The number of nitrogens with two attached hydrogens (primary N) is 1. The molecule has 0 fully saturated rings. The van der Waals surface area contributed by atoms with Gasteiger partial charge in [0, 0.05) is 0 Å². The molecule has 0 saturated carbocycles. The molecule has 0 bridgehead atoms. The summed E-state index contributed by atoms with van der Waals surface area (Å²) in [6.07, 6.45) is 0. The van der Waals surface area contributed by atoms with E-state index in [9.17, 15) is 4.79 Å². The molecular formula is C9H7BrN2O3. The molecule has 5 nitrogen and oxygen atoms in total. The van der Waals surface area contributed by atoms with Crippen LogP contribution in [0.15, 0.2) is 21.0 Å². The first-order valence-electron chi connectivity index (χ1n) is 4.05. The fraction of sp³-hybridized carbons (Fsp3) is 0.111. The lowest BCUT2D eigenvalue weighted by atomic mass is 10.2. The number of carbonyl (C=O) groups excluding carboxylic acids is 1. The number of anilines is 1. The lowest BCUT2D eigenvalue weighted by Crippen LogP contribution is -2.00. The number of methoxy groups -OCH3 is 1. The van der Waals surface area contributed by atoms with Gasteiger partial charge >= 0.3 is 5.97 Å². The molecule has 0 aliphatic heterocycles. The molecule has 0 atom stereocenters. The molecule has 0 spiro atoms. The van der Waals surface area contributed by atoms with Gasteiger partial charge in [0.1, 0.15) is 5.52 Å². The predicted molar refractivity (Wildman–Crippen MR) is 57.5 cm³/mol. The summed E-state index contributed by atoms with van der Waals surface area (Å²) in [6, 6.07) is 3.22. The van der Waals surface area contributed by atoms with Crippen LogP contribution in [0.5, 0.6) is 0 Å². The van der Waals surface area contributed by atoms with Crippen LogP contribution < -0.4 is 5.73 Å². The van der Waals surface area contributed by atoms with Crippen LogP contribution in [0.3, 0.4) is 0 Å². The SMILES string of the molecule is COC(=O)c1cc(Br)c2oc(N)nc2c1. The van der Waals surface area contributed by atoms with Gasteiger partial charge in [0.25, 0.3) is 6.01 Å². The van der Waals surface area contributed by atoms with Crippen molar-refractivity contribution in [3.8, 4) is 0 Å². The van der Waals surface area contributed by atoms with E-state index in [1.165, 1.54) is 7.11 Å². The van der Waals surface area contributed by atoms with Crippen LogP contribution in [0.2, 0.25) is 0 Å². The molecule has 2 aromatic rings. The third kappa shape index (κ3) is 1.68. The molecule has 0 aliphatic rings. The second kappa shape index (κ2) is 3.54. The number of carbonyl (C=O) groups is 1. The minimum absolute atomic E-state index is 0.0627. The third-order valence-corrected chi connectivity index (χ3v) is 2.47. The Morgan fingerprint density at radius 2 is 2.33 bits per heavy atom. The molecule has 0 unspecified atom stereocenters. The summed E-state index contributed by atoms with van der Waals surface area (Å²) in [5, 5.41) is 0. The van der Waals surface area contributed by atoms with Crippen molar-refractivity contribution < 1.29 is 13.9 Å². The fourth-order valence-electron chi connectivity index (χ4n) is 1.24. The maximum Gasteiger partial charge on any atom is 0.337 e. The van der Waals surface area contributed by atoms with Crippen molar-refractivity contribution in [1.82, 2.24) is 4.98 Å². The van der Waals surface area contributed by atoms with Crippen LogP contribution in [0.25, 0.3) is 11.1 Å². The van der Waals surface area contributed by atoms with Gasteiger partial charge in [-0.2, -0.15) is 4.98 Å². The molecular weight excluding hydrogens is 264 g/mol. The quantitative estimate of drug-likeness (QED) is 0.802. The average molecular weight is 271 g/mol. The fourth-order valence-corrected chi connectivity index (χ4v) is 1.78. The number of ether oxygens (including phenoxy) is 1. The largest absolute Gasteiger partial charge is 0.465 e. The Bertz CT molecular complexity index is 535. The van der Waals surface area contributed by atoms with E-state index in [0.29, 0.717) is 21.1 Å². The summed E-state index contributed by atoms with van der Waals surface area (Å²) in [7, 11) is 1.32. The Morgan fingerprint density at radius 3 is 3.00 bits per heavy atom. The second-order valence-electron chi connectivity index (χ2n) is 2.85. The summed E-state index contributed by atoms with van der Waals surface area (Å²) in [5.41, 5.74) is 6.83. The zero-order chi connectivity index (χ0) is 11.0. The molecule has 0 amide bonds. The molecule has 1 aromatic carbocycles. The normalized spacial score (nSPS) is 10.5. The van der Waals surface area contributed by atoms with Crippen molar-refractivity contribution in [2.45, 2.75) is 0 Å². The van der Waals surface area contributed by atoms with Crippen molar-refractivity contribution in [3.05, 3.63) is 22.2 Å². The Labute approximate surface area is 93.3 Å². The molecule has 78 valence electrons. The van der Waals surface area contributed by atoms with Crippen molar-refractivity contribution in [1.29, 1.82) is 0 Å². The van der Waals surface area contributed by atoms with Gasteiger partial charge in [0.05, 0.1) is 17.1 Å². The Hall–Kier alpha value is -1.56. The summed E-state index contributed by atoms with van der Waals surface area (Å²) in [6.45, 7) is 0. The number of nitrogens with zero attached hydrogens (tertiary/aromatic N) is 1. The van der Waals surface area contributed by atoms with Crippen LogP contribution in [0.1, 0.15) is 10.4 Å². The first kappa shape index (κ1) is 9.97. The molecule has 6 heteroatoms. The zero-order valence-electron chi connectivity index (χ0n) is 7.78. The Kier molecular flexibility index (Phi) is 2.36. The third-order valence-electron chi connectivity index (χ3n) is 1.88. The molecule has 0 aliphatic carbocycles. The number of nitrogen functional groups attached to an aromatic ring is 1. The predicted octanol–water partition coefficient (Wildman–Crippen LogP) is 1.96. The molecule has 1 aromatic heterocycles. The molecule has 2 N–H and O–H groups in total. The second-order valence-corrected chi connectivity index (χ2v) is 3.70. The van der Waals surface area contributed by atoms with E-state index in [-0.39, 0.29) is 6.01 Å². The van der Waals surface area contributed by atoms with Gasteiger partial charge in [-0.15, -0.1) is 0 Å². The van der Waals surface area contributed by atoms with Crippen LogP contribution in [0, 0.1) is 0 Å². The number of halogens is 1. The minimum atomic E-state index is -0.431. The van der Waals surface area contributed by atoms with E-state index in [1.54, 1.807) is 12.1 Å². The van der Waals surface area contributed by atoms with Gasteiger partial charge in [-0.1, -0.05) is 0 Å². The number of rotatable bonds is 1. The number of aromatic nitrogens is 1. The first-order valence-corrected chi connectivity index (χ1v) is 4.85. The van der Waals surface area contributed by atoms with E-state index in [2.05, 4.69) is 25.7 Å². The van der Waals surface area contributed by atoms with Gasteiger partial charge in [-0.25, -0.2) is 4.79 Å². The monoisotopic (exact) mass is 270 g/mol. The van der Waals surface area contributed by atoms with Crippen LogP contribution in [-0.4, -0.2) is 18.1 Å². The molecule has 1 heterocycles. The van der Waals surface area contributed by atoms with Crippen LogP contribution in [0.4, 0.5) is 6.01 Å². The van der Waals surface area contributed by atoms with Crippen molar-refractivity contribution in [3.63, 3.8) is 0 Å². The topological polar surface area (TPSA) is 78.3 Å². The highest BCUT2D eigenvalue weighted by Crippen LogP contribution is 2.27. The number of fused-ring (bicyclic) bond motifs is 1. The summed E-state index contributed by atoms with van der Waals surface area (Å²) < 4.78 is 10.3. The van der Waals surface area contributed by atoms with Gasteiger partial charge < -0.3 is 14.9 Å². The minimum Gasteiger partial charge on any atom is -0.465 e. The van der Waals surface area contributed by atoms with E-state index in [1.807, 2.05) is 0 Å². The van der Waals surface area contributed by atoms with Gasteiger partial charge in [0.15, 0.2) is 5.58 Å². The summed E-state index contributed by atoms with van der Waals surface area (Å²) in [4.78, 5) is 15.2. The molecule has 15 heavy (non-hydrogen) atoms. The smallest absolute Gasteiger partial charge is 0.337 e. The van der Waals surface area contributed by atoms with Crippen molar-refractivity contribution >= 4 is 39.0 Å². The number of hydrogen-bond acceptors (Lipinski definition) is 5. The van der Waals surface area contributed by atoms with Gasteiger partial charge in [0.2, 0.25) is 0 Å². The highest BCUT2D eigenvalue weighted by atomic mass is 79.9. The maximum atomic E-state index is 11.3. The standard InChI is InChI=1S/C9H7BrN2O3/c1-14-8(13)4-2-5(10)7-6(3-4)12-9(11)15-7/h2-3H,1H3,(H2,11,12). The molecule has 0 saturated heterocycles. The highest BCUT2D eigenvalue weighted by molar-refractivity contribution is 9.10. The van der Waals surface area contributed by atoms with E-state index in [4.69, 9.17) is 10.2 Å². The number of esters is 1. The lowest BCUT2D eigenvalue weighted by molar-refractivity contribution is 0.0601. The maximum absolute atomic E-state index is 11.3.